The molecule has 0 aliphatic carbocycles. The molecule has 3 rings (SSSR count). The van der Waals surface area contributed by atoms with Gasteiger partial charge in [-0.2, -0.15) is 0 Å². The number of carbonyl (C=O) groups excluding carboxylic acids is 3. The van der Waals surface area contributed by atoms with Crippen LogP contribution in [0, 0.1) is 17.5 Å². The van der Waals surface area contributed by atoms with Crippen LogP contribution in [0.3, 0.4) is 0 Å². The van der Waals surface area contributed by atoms with Gasteiger partial charge in [-0.3, -0.25) is 0 Å². The van der Waals surface area contributed by atoms with Crippen molar-refractivity contribution in [2.75, 3.05) is 6.61 Å². The second-order valence-electron chi connectivity index (χ2n) is 12.7. The van der Waals surface area contributed by atoms with Gasteiger partial charge in [0.1, 0.15) is 17.7 Å². The highest BCUT2D eigenvalue weighted by Crippen LogP contribution is 2.25. The molecule has 0 amide bonds. The first-order chi connectivity index (χ1) is 24.7. The molecule has 7 nitrogen and oxygen atoms in total. The summed E-state index contributed by atoms with van der Waals surface area (Å²) in [5.74, 6) is -6.26. The predicted octanol–water partition coefficient (Wildman–Crippen LogP) is 11.4. The number of hydrogen-bond acceptors (Lipinski definition) is 7. The lowest BCUT2D eigenvalue weighted by Crippen LogP contribution is -2.18. The van der Waals surface area contributed by atoms with Crippen LogP contribution in [0.15, 0.2) is 54.6 Å². The lowest BCUT2D eigenvalue weighted by molar-refractivity contribution is 0.0261. The van der Waals surface area contributed by atoms with E-state index in [4.69, 9.17) is 18.9 Å². The Morgan fingerprint density at radius 1 is 0.569 bits per heavy atom. The van der Waals surface area contributed by atoms with Crippen LogP contribution in [-0.4, -0.2) is 30.6 Å². The van der Waals surface area contributed by atoms with Gasteiger partial charge in [-0.05, 0) is 74.2 Å². The molecular weight excluding hydrogens is 661 g/mol. The fourth-order valence-corrected chi connectivity index (χ4v) is 5.46. The van der Waals surface area contributed by atoms with Crippen LogP contribution in [-0.2, 0) is 4.74 Å². The Bertz CT molecular complexity index is 1560. The van der Waals surface area contributed by atoms with Gasteiger partial charge in [0.15, 0.2) is 23.1 Å². The van der Waals surface area contributed by atoms with Gasteiger partial charge in [-0.25, -0.2) is 27.6 Å². The van der Waals surface area contributed by atoms with Crippen LogP contribution in [0.5, 0.6) is 17.2 Å². The number of carbonyl (C=O) groups is 3. The molecule has 0 saturated carbocycles. The molecule has 0 aromatic heterocycles. The molecule has 0 aliphatic rings. The van der Waals surface area contributed by atoms with E-state index in [9.17, 15) is 27.6 Å². The molecule has 0 bridgehead atoms. The summed E-state index contributed by atoms with van der Waals surface area (Å²) in [5, 5.41) is 0. The molecule has 1 atom stereocenters. The normalized spacial score (nSPS) is 11.6. The summed E-state index contributed by atoms with van der Waals surface area (Å²) in [6.07, 6.45) is 15.4. The van der Waals surface area contributed by atoms with E-state index in [0.717, 1.165) is 81.3 Å². The van der Waals surface area contributed by atoms with Crippen molar-refractivity contribution < 1.29 is 46.5 Å². The van der Waals surface area contributed by atoms with Crippen LogP contribution in [0.4, 0.5) is 13.2 Å². The van der Waals surface area contributed by atoms with E-state index < -0.39 is 41.1 Å². The Kier molecular flexibility index (Phi) is 18.1. The van der Waals surface area contributed by atoms with E-state index in [1.54, 1.807) is 0 Å². The molecule has 0 radical (unpaired) electrons. The maximum atomic E-state index is 14.9. The Morgan fingerprint density at radius 3 is 1.69 bits per heavy atom. The van der Waals surface area contributed by atoms with Gasteiger partial charge < -0.3 is 18.9 Å². The second kappa shape index (κ2) is 22.5. The molecule has 3 aromatic carbocycles. The summed E-state index contributed by atoms with van der Waals surface area (Å²) in [6.45, 7) is 6.55. The summed E-state index contributed by atoms with van der Waals surface area (Å²) in [4.78, 5) is 37.9. The molecule has 0 spiro atoms. The Morgan fingerprint density at radius 2 is 1.12 bits per heavy atom. The molecule has 0 fully saturated rings. The van der Waals surface area contributed by atoms with Crippen LogP contribution in [0.1, 0.15) is 148 Å². The Labute approximate surface area is 299 Å². The molecule has 1 unspecified atom stereocenters. The third-order valence-corrected chi connectivity index (χ3v) is 8.52. The highest BCUT2D eigenvalue weighted by molar-refractivity contribution is 5.93. The monoisotopic (exact) mass is 712 g/mol. The zero-order valence-electron chi connectivity index (χ0n) is 30.1. The second-order valence-corrected chi connectivity index (χ2v) is 12.7. The molecule has 0 heterocycles. The average Bonchev–Trinajstić information content (AvgIpc) is 3.11. The summed E-state index contributed by atoms with van der Waals surface area (Å²) in [5.41, 5.74) is -0.697. The summed E-state index contributed by atoms with van der Waals surface area (Å²) in [6, 6.07) is 9.87. The van der Waals surface area contributed by atoms with Crippen molar-refractivity contribution in [3.8, 4) is 17.2 Å². The summed E-state index contributed by atoms with van der Waals surface area (Å²) in [7, 11) is 0. The van der Waals surface area contributed by atoms with E-state index in [-0.39, 0.29) is 34.3 Å². The van der Waals surface area contributed by atoms with Crippen LogP contribution in [0.25, 0.3) is 0 Å². The lowest BCUT2D eigenvalue weighted by Gasteiger charge is -2.16. The molecule has 3 aromatic rings. The van der Waals surface area contributed by atoms with Gasteiger partial charge >= 0.3 is 17.9 Å². The number of unbranched alkanes of at least 4 members (excludes halogenated alkanes) is 11. The predicted molar refractivity (Wildman–Crippen MR) is 190 cm³/mol. The number of hydrogen-bond donors (Lipinski definition) is 0. The SMILES string of the molecule is CCCCCCCCCCCOc1ccc(C(=O)Oc2ccc(C(=O)Oc3ccc(C(=O)OC(CC)CCCCCC)c(F)c3)cc2F)cc1F. The highest BCUT2D eigenvalue weighted by Gasteiger charge is 2.21. The molecule has 278 valence electrons. The number of esters is 3. The zero-order valence-corrected chi connectivity index (χ0v) is 30.1. The smallest absolute Gasteiger partial charge is 0.343 e. The van der Waals surface area contributed by atoms with E-state index in [1.807, 2.05) is 6.92 Å². The average molecular weight is 713 g/mol. The van der Waals surface area contributed by atoms with Crippen molar-refractivity contribution in [2.24, 2.45) is 0 Å². The van der Waals surface area contributed by atoms with Crippen molar-refractivity contribution >= 4 is 17.9 Å². The van der Waals surface area contributed by atoms with Crippen molar-refractivity contribution in [1.82, 2.24) is 0 Å². The molecule has 0 N–H and O–H groups in total. The van der Waals surface area contributed by atoms with Crippen molar-refractivity contribution in [1.29, 1.82) is 0 Å². The molecular formula is C41H51F3O7. The van der Waals surface area contributed by atoms with E-state index in [1.165, 1.54) is 56.7 Å². The van der Waals surface area contributed by atoms with E-state index in [2.05, 4.69) is 13.8 Å². The van der Waals surface area contributed by atoms with Gasteiger partial charge in [0.2, 0.25) is 0 Å². The van der Waals surface area contributed by atoms with Crippen molar-refractivity contribution in [3.63, 3.8) is 0 Å². The summed E-state index contributed by atoms with van der Waals surface area (Å²) >= 11 is 0. The van der Waals surface area contributed by atoms with Crippen LogP contribution < -0.4 is 14.2 Å². The minimum absolute atomic E-state index is 0.00733. The molecule has 10 heteroatoms. The third-order valence-electron chi connectivity index (χ3n) is 8.52. The summed E-state index contributed by atoms with van der Waals surface area (Å²) < 4.78 is 65.6. The third kappa shape index (κ3) is 14.1. The molecule has 0 saturated heterocycles. The van der Waals surface area contributed by atoms with Gasteiger partial charge in [-0.1, -0.05) is 91.4 Å². The lowest BCUT2D eigenvalue weighted by atomic mass is 10.1. The minimum Gasteiger partial charge on any atom is -0.491 e. The van der Waals surface area contributed by atoms with Crippen molar-refractivity contribution in [3.05, 3.63) is 88.7 Å². The highest BCUT2D eigenvalue weighted by atomic mass is 19.1. The zero-order chi connectivity index (χ0) is 37.0. The van der Waals surface area contributed by atoms with Crippen molar-refractivity contribution in [2.45, 2.75) is 123 Å². The van der Waals surface area contributed by atoms with Gasteiger partial charge in [-0.15, -0.1) is 0 Å². The number of ether oxygens (including phenoxy) is 4. The Balaban J connectivity index is 1.48. The number of halogens is 3. The Hall–Kier alpha value is -4.34. The van der Waals surface area contributed by atoms with Gasteiger partial charge in [0, 0.05) is 6.07 Å². The number of rotatable bonds is 23. The molecule has 51 heavy (non-hydrogen) atoms. The quantitative estimate of drug-likeness (QED) is 0.0549. The van der Waals surface area contributed by atoms with E-state index in [0.29, 0.717) is 19.4 Å². The minimum atomic E-state index is -1.05. The molecule has 0 aliphatic heterocycles. The first-order valence-electron chi connectivity index (χ1n) is 18.3. The topological polar surface area (TPSA) is 88.1 Å². The van der Waals surface area contributed by atoms with Gasteiger partial charge in [0.05, 0.1) is 23.3 Å². The number of benzene rings is 3. The van der Waals surface area contributed by atoms with Crippen LogP contribution >= 0.6 is 0 Å². The first kappa shape index (κ1) is 41.1. The maximum absolute atomic E-state index is 14.9. The first-order valence-corrected chi connectivity index (χ1v) is 18.3. The van der Waals surface area contributed by atoms with Crippen LogP contribution in [0.2, 0.25) is 0 Å². The maximum Gasteiger partial charge on any atom is 0.343 e. The van der Waals surface area contributed by atoms with E-state index >= 15 is 0 Å². The van der Waals surface area contributed by atoms with Gasteiger partial charge in [0.25, 0.3) is 0 Å². The standard InChI is InChI=1S/C41H51F3O7/c1-4-7-9-11-12-13-14-15-17-25-48-37-23-19-30(26-35(37)43)40(46)51-38-24-20-29(27-36(38)44)39(45)50-32-21-22-33(34(42)28-32)41(47)49-31(6-3)18-16-10-8-5-2/h19-24,26-28,31H,4-18,25H2,1-3H3. The fourth-order valence-electron chi connectivity index (χ4n) is 5.46. The largest absolute Gasteiger partial charge is 0.491 e. The fraction of sp³-hybridized carbons (Fsp3) is 0.488.